The maximum Gasteiger partial charge on any atom is 0.170 e. The summed E-state index contributed by atoms with van der Waals surface area (Å²) in [5, 5.41) is 11.7. The second-order valence-electron chi connectivity index (χ2n) is 5.18. The van der Waals surface area contributed by atoms with Crippen molar-refractivity contribution in [3.05, 3.63) is 28.2 Å². The minimum absolute atomic E-state index is 0.130. The molecule has 0 amide bonds. The normalized spacial score (nSPS) is 16.8. The monoisotopic (exact) mass is 325 g/mol. The third kappa shape index (κ3) is 3.41. The Morgan fingerprint density at radius 3 is 2.74 bits per heavy atom. The van der Waals surface area contributed by atoms with E-state index in [0.29, 0.717) is 5.56 Å². The quantitative estimate of drug-likeness (QED) is 0.387. The van der Waals surface area contributed by atoms with Crippen molar-refractivity contribution in [2.75, 3.05) is 18.5 Å². The van der Waals surface area contributed by atoms with Gasteiger partial charge in [0.15, 0.2) is 5.84 Å². The molecule has 0 radical (unpaired) electrons. The number of rotatable bonds is 4. The molecule has 0 heterocycles. The molecule has 0 saturated heterocycles. The van der Waals surface area contributed by atoms with Crippen LogP contribution in [0.15, 0.2) is 27.8 Å². The Labute approximate surface area is 122 Å². The maximum atomic E-state index is 8.68. The highest BCUT2D eigenvalue weighted by Gasteiger charge is 2.18. The first kappa shape index (κ1) is 14.2. The van der Waals surface area contributed by atoms with Crippen LogP contribution in [0.5, 0.6) is 0 Å². The lowest BCUT2D eigenvalue weighted by molar-refractivity contribution is 0.318. The number of amidine groups is 1. The van der Waals surface area contributed by atoms with Crippen molar-refractivity contribution >= 4 is 27.5 Å². The molecule has 1 aromatic rings. The number of halogens is 1. The molecule has 1 aliphatic rings. The summed E-state index contributed by atoms with van der Waals surface area (Å²) in [7, 11) is 2.11. The highest BCUT2D eigenvalue weighted by molar-refractivity contribution is 9.10. The smallest absolute Gasteiger partial charge is 0.170 e. The minimum Gasteiger partial charge on any atom is -0.409 e. The van der Waals surface area contributed by atoms with Crippen LogP contribution in [0.3, 0.4) is 0 Å². The SMILES string of the molecule is CN(CC1CCCC1)c1ccc(/C(N)=N/O)cc1Br. The molecule has 1 aliphatic carbocycles. The van der Waals surface area contributed by atoms with Crippen molar-refractivity contribution in [3.8, 4) is 0 Å². The largest absolute Gasteiger partial charge is 0.409 e. The van der Waals surface area contributed by atoms with Crippen LogP contribution in [0.1, 0.15) is 31.2 Å². The molecule has 0 atom stereocenters. The van der Waals surface area contributed by atoms with Gasteiger partial charge in [-0.05, 0) is 52.9 Å². The molecule has 2 rings (SSSR count). The highest BCUT2D eigenvalue weighted by Crippen LogP contribution is 2.30. The second kappa shape index (κ2) is 6.28. The molecule has 5 heteroatoms. The van der Waals surface area contributed by atoms with Gasteiger partial charge in [0.25, 0.3) is 0 Å². The fourth-order valence-electron chi connectivity index (χ4n) is 2.71. The van der Waals surface area contributed by atoms with Crippen LogP contribution >= 0.6 is 15.9 Å². The standard InChI is InChI=1S/C14H20BrN3O/c1-18(9-10-4-2-3-5-10)13-7-6-11(8-12(13)15)14(16)17-19/h6-8,10,19H,2-5,9H2,1H3,(H2,16,17). The third-order valence-corrected chi connectivity index (χ3v) is 4.40. The molecule has 19 heavy (non-hydrogen) atoms. The summed E-state index contributed by atoms with van der Waals surface area (Å²) >= 11 is 3.56. The molecule has 0 bridgehead atoms. The zero-order valence-corrected chi connectivity index (χ0v) is 12.7. The molecule has 1 saturated carbocycles. The predicted octanol–water partition coefficient (Wildman–Crippen LogP) is 3.17. The second-order valence-corrected chi connectivity index (χ2v) is 6.04. The van der Waals surface area contributed by atoms with Crippen molar-refractivity contribution in [3.63, 3.8) is 0 Å². The topological polar surface area (TPSA) is 61.8 Å². The average Bonchev–Trinajstić information content (AvgIpc) is 2.90. The van der Waals surface area contributed by atoms with Crippen LogP contribution in [0.25, 0.3) is 0 Å². The van der Waals surface area contributed by atoms with Crippen molar-refractivity contribution < 1.29 is 5.21 Å². The van der Waals surface area contributed by atoms with E-state index in [1.54, 1.807) is 0 Å². The minimum atomic E-state index is 0.130. The lowest BCUT2D eigenvalue weighted by atomic mass is 10.1. The molecule has 4 nitrogen and oxygen atoms in total. The third-order valence-electron chi connectivity index (χ3n) is 3.77. The number of anilines is 1. The molecule has 3 N–H and O–H groups in total. The zero-order valence-electron chi connectivity index (χ0n) is 11.1. The van der Waals surface area contributed by atoms with Crippen LogP contribution in [-0.2, 0) is 0 Å². The maximum absolute atomic E-state index is 8.68. The summed E-state index contributed by atoms with van der Waals surface area (Å²) < 4.78 is 0.970. The van der Waals surface area contributed by atoms with Gasteiger partial charge in [-0.25, -0.2) is 0 Å². The Bertz CT molecular complexity index is 470. The summed E-state index contributed by atoms with van der Waals surface area (Å²) in [6, 6.07) is 5.77. The van der Waals surface area contributed by atoms with Gasteiger partial charge in [-0.2, -0.15) is 0 Å². The first-order chi connectivity index (χ1) is 9.11. The molecule has 1 aromatic carbocycles. The fraction of sp³-hybridized carbons (Fsp3) is 0.500. The fourth-order valence-corrected chi connectivity index (χ4v) is 3.39. The van der Waals surface area contributed by atoms with Crippen LogP contribution in [0.4, 0.5) is 5.69 Å². The van der Waals surface area contributed by atoms with Gasteiger partial charge in [-0.1, -0.05) is 18.0 Å². The molecule has 104 valence electrons. The van der Waals surface area contributed by atoms with Crippen molar-refractivity contribution in [1.82, 2.24) is 0 Å². The number of nitrogens with two attached hydrogens (primary N) is 1. The van der Waals surface area contributed by atoms with Crippen LogP contribution in [-0.4, -0.2) is 24.6 Å². The first-order valence-electron chi connectivity index (χ1n) is 6.60. The van der Waals surface area contributed by atoms with E-state index >= 15 is 0 Å². The van der Waals surface area contributed by atoms with E-state index in [9.17, 15) is 0 Å². The van der Waals surface area contributed by atoms with Crippen molar-refractivity contribution in [1.29, 1.82) is 0 Å². The summed E-state index contributed by atoms with van der Waals surface area (Å²) in [4.78, 5) is 2.27. The number of oxime groups is 1. The van der Waals surface area contributed by atoms with E-state index in [2.05, 4.69) is 33.0 Å². The summed E-state index contributed by atoms with van der Waals surface area (Å²) in [5.74, 6) is 0.936. The van der Waals surface area contributed by atoms with E-state index in [4.69, 9.17) is 10.9 Å². The van der Waals surface area contributed by atoms with Crippen LogP contribution in [0.2, 0.25) is 0 Å². The van der Waals surface area contributed by atoms with Gasteiger partial charge >= 0.3 is 0 Å². The van der Waals surface area contributed by atoms with Gasteiger partial charge in [0.2, 0.25) is 0 Å². The molecule has 0 aromatic heterocycles. The average molecular weight is 326 g/mol. The lowest BCUT2D eigenvalue weighted by Crippen LogP contribution is -2.24. The van der Waals surface area contributed by atoms with Gasteiger partial charge in [0.1, 0.15) is 0 Å². The summed E-state index contributed by atoms with van der Waals surface area (Å²) in [5.41, 5.74) is 7.44. The molecule has 1 fully saturated rings. The molecule has 0 aliphatic heterocycles. The predicted molar refractivity (Wildman–Crippen MR) is 81.9 cm³/mol. The van der Waals surface area contributed by atoms with E-state index < -0.39 is 0 Å². The molecular weight excluding hydrogens is 306 g/mol. The number of hydrogen-bond donors (Lipinski definition) is 2. The summed E-state index contributed by atoms with van der Waals surface area (Å²) in [6.45, 7) is 1.08. The zero-order chi connectivity index (χ0) is 13.8. The van der Waals surface area contributed by atoms with E-state index in [1.807, 2.05) is 18.2 Å². The first-order valence-corrected chi connectivity index (χ1v) is 7.39. The lowest BCUT2D eigenvalue weighted by Gasteiger charge is -2.24. The Balaban J connectivity index is 2.11. The van der Waals surface area contributed by atoms with Crippen molar-refractivity contribution in [2.24, 2.45) is 16.8 Å². The Kier molecular flexibility index (Phi) is 4.69. The summed E-state index contributed by atoms with van der Waals surface area (Å²) in [6.07, 6.45) is 5.40. The number of nitrogens with zero attached hydrogens (tertiary/aromatic N) is 2. The Morgan fingerprint density at radius 1 is 1.47 bits per heavy atom. The van der Waals surface area contributed by atoms with E-state index in [-0.39, 0.29) is 5.84 Å². The van der Waals surface area contributed by atoms with E-state index in [0.717, 1.165) is 22.6 Å². The Morgan fingerprint density at radius 2 is 2.16 bits per heavy atom. The van der Waals surface area contributed by atoms with Gasteiger partial charge in [0, 0.05) is 23.6 Å². The van der Waals surface area contributed by atoms with Crippen LogP contribution in [0, 0.1) is 5.92 Å². The highest BCUT2D eigenvalue weighted by atomic mass is 79.9. The van der Waals surface area contributed by atoms with Crippen molar-refractivity contribution in [2.45, 2.75) is 25.7 Å². The number of benzene rings is 1. The molecular formula is C14H20BrN3O. The van der Waals surface area contributed by atoms with Gasteiger partial charge in [-0.3, -0.25) is 0 Å². The number of hydrogen-bond acceptors (Lipinski definition) is 3. The van der Waals surface area contributed by atoms with Gasteiger partial charge in [0.05, 0.1) is 5.69 Å². The molecule has 0 spiro atoms. The van der Waals surface area contributed by atoms with Gasteiger partial charge < -0.3 is 15.8 Å². The van der Waals surface area contributed by atoms with E-state index in [1.165, 1.54) is 25.7 Å². The Hall–Kier alpha value is -1.23. The van der Waals surface area contributed by atoms with Crippen LogP contribution < -0.4 is 10.6 Å². The molecule has 0 unspecified atom stereocenters. The van der Waals surface area contributed by atoms with Gasteiger partial charge in [-0.15, -0.1) is 0 Å².